The summed E-state index contributed by atoms with van der Waals surface area (Å²) in [4.78, 5) is 12.6. The number of fused-ring (bicyclic) bond motifs is 1. The molecule has 0 fully saturated rings. The molecule has 6 aromatic rings. The molecule has 0 radical (unpaired) electrons. The van der Waals surface area contributed by atoms with Gasteiger partial charge in [-0.25, -0.2) is 9.98 Å². The summed E-state index contributed by atoms with van der Waals surface area (Å²) in [6.45, 7) is 2.23. The second-order valence-electron chi connectivity index (χ2n) is 12.3. The maximum absolute atomic E-state index is 5.14. The lowest BCUT2D eigenvalue weighted by Gasteiger charge is -2.29. The molecule has 0 amide bonds. The second kappa shape index (κ2) is 13.2. The van der Waals surface area contributed by atoms with Gasteiger partial charge in [-0.2, -0.15) is 0 Å². The fourth-order valence-corrected chi connectivity index (χ4v) is 6.84. The molecule has 2 aliphatic heterocycles. The Kier molecular flexibility index (Phi) is 8.12. The van der Waals surface area contributed by atoms with E-state index in [1.165, 1.54) is 22.5 Å². The van der Waals surface area contributed by atoms with E-state index in [1.807, 2.05) is 43.4 Å². The summed E-state index contributed by atoms with van der Waals surface area (Å²) in [6.07, 6.45) is 0.810. The van der Waals surface area contributed by atoms with Crippen LogP contribution in [0.25, 0.3) is 22.3 Å². The Morgan fingerprint density at radius 1 is 0.612 bits per heavy atom. The molecule has 2 aliphatic rings. The highest BCUT2D eigenvalue weighted by Gasteiger charge is 2.30. The number of benzene rings is 6. The van der Waals surface area contributed by atoms with Crippen molar-refractivity contribution in [2.24, 2.45) is 9.98 Å². The van der Waals surface area contributed by atoms with Crippen LogP contribution in [0.1, 0.15) is 36.2 Å². The third kappa shape index (κ3) is 5.82. The van der Waals surface area contributed by atoms with E-state index in [9.17, 15) is 0 Å². The Morgan fingerprint density at radius 3 is 2.08 bits per heavy atom. The van der Waals surface area contributed by atoms with Crippen LogP contribution in [0.3, 0.4) is 0 Å². The number of hydrogen-bond donors (Lipinski definition) is 3. The first kappa shape index (κ1) is 30.2. The molecule has 0 aromatic heterocycles. The van der Waals surface area contributed by atoms with E-state index in [0.29, 0.717) is 5.84 Å². The number of rotatable bonds is 8. The van der Waals surface area contributed by atoms with Crippen LogP contribution in [-0.2, 0) is 0 Å². The van der Waals surface area contributed by atoms with Crippen molar-refractivity contribution in [3.63, 3.8) is 0 Å². The maximum Gasteiger partial charge on any atom is 0.159 e. The van der Waals surface area contributed by atoms with Gasteiger partial charge in [-0.05, 0) is 65.1 Å². The zero-order valence-corrected chi connectivity index (χ0v) is 27.6. The van der Waals surface area contributed by atoms with Crippen LogP contribution in [0, 0.1) is 0 Å². The van der Waals surface area contributed by atoms with Crippen molar-refractivity contribution >= 4 is 34.4 Å². The lowest BCUT2D eigenvalue weighted by Crippen LogP contribution is -2.33. The molecule has 2 heterocycles. The first-order chi connectivity index (χ1) is 24.2. The molecule has 0 bridgehead atoms. The molecular formula is C43H38N6. The maximum atomic E-state index is 5.14. The van der Waals surface area contributed by atoms with Gasteiger partial charge in [-0.15, -0.1) is 0 Å². The number of nitrogens with zero attached hydrogens (tertiary/aromatic N) is 3. The third-order valence-electron chi connectivity index (χ3n) is 9.28. The van der Waals surface area contributed by atoms with Crippen molar-refractivity contribution in [3.8, 4) is 22.3 Å². The third-order valence-corrected chi connectivity index (χ3v) is 9.28. The van der Waals surface area contributed by atoms with Gasteiger partial charge >= 0.3 is 0 Å². The lowest BCUT2D eigenvalue weighted by molar-refractivity contribution is 0.674. The van der Waals surface area contributed by atoms with Crippen LogP contribution in [0.15, 0.2) is 162 Å². The van der Waals surface area contributed by atoms with Crippen LogP contribution < -0.4 is 20.9 Å². The summed E-state index contributed by atoms with van der Waals surface area (Å²) < 4.78 is 0. The zero-order valence-electron chi connectivity index (χ0n) is 27.6. The Bertz CT molecular complexity index is 2170. The van der Waals surface area contributed by atoms with E-state index >= 15 is 0 Å². The first-order valence-electron chi connectivity index (χ1n) is 16.9. The van der Waals surface area contributed by atoms with E-state index in [-0.39, 0.29) is 12.3 Å². The fourth-order valence-electron chi connectivity index (χ4n) is 6.84. The number of amidine groups is 2. The van der Waals surface area contributed by atoms with Gasteiger partial charge in [0.25, 0.3) is 0 Å². The minimum Gasteiger partial charge on any atom is -0.388 e. The summed E-state index contributed by atoms with van der Waals surface area (Å²) in [5.74, 6) is 1.52. The predicted molar refractivity (Wildman–Crippen MR) is 205 cm³/mol. The standard InChI is InChI=1S/C43H38N6/c1-3-40-45-37-22-11-13-24-39(37)49(40)38-23-12-10-21-35(38)34-26-25-33(44-2)28-36(34)31-19-14-20-32(27-31)43-47-41(29-15-6-4-7-16-29)46-42(48-43)30-17-8-5-9-18-30/h4-28,40,43-45H,3H2,1-2H3,(H,46,47,48). The molecule has 0 spiro atoms. The molecule has 6 nitrogen and oxygen atoms in total. The van der Waals surface area contributed by atoms with Gasteiger partial charge in [0.15, 0.2) is 5.84 Å². The van der Waals surface area contributed by atoms with Crippen molar-refractivity contribution in [2.75, 3.05) is 22.6 Å². The van der Waals surface area contributed by atoms with E-state index < -0.39 is 0 Å². The van der Waals surface area contributed by atoms with E-state index in [0.717, 1.165) is 51.4 Å². The monoisotopic (exact) mass is 638 g/mol. The highest BCUT2D eigenvalue weighted by molar-refractivity contribution is 6.13. The molecular weight excluding hydrogens is 601 g/mol. The molecule has 240 valence electrons. The quantitative estimate of drug-likeness (QED) is 0.155. The summed E-state index contributed by atoms with van der Waals surface area (Å²) in [5, 5.41) is 10.7. The van der Waals surface area contributed by atoms with Crippen molar-refractivity contribution in [3.05, 3.63) is 168 Å². The number of para-hydroxylation sites is 3. The zero-order chi connectivity index (χ0) is 33.2. The molecule has 2 unspecified atom stereocenters. The van der Waals surface area contributed by atoms with Gasteiger partial charge in [0.1, 0.15) is 18.2 Å². The molecule has 0 saturated carbocycles. The van der Waals surface area contributed by atoms with Crippen LogP contribution in [-0.4, -0.2) is 24.9 Å². The fraction of sp³-hybridized carbons (Fsp3) is 0.116. The lowest BCUT2D eigenvalue weighted by atomic mass is 9.91. The largest absolute Gasteiger partial charge is 0.388 e. The molecule has 2 atom stereocenters. The minimum atomic E-state index is -0.316. The molecule has 49 heavy (non-hydrogen) atoms. The van der Waals surface area contributed by atoms with Crippen LogP contribution in [0.5, 0.6) is 0 Å². The van der Waals surface area contributed by atoms with E-state index in [4.69, 9.17) is 9.98 Å². The number of nitrogens with one attached hydrogen (secondary N) is 3. The normalized spacial score (nSPS) is 16.6. The summed E-state index contributed by atoms with van der Waals surface area (Å²) in [7, 11) is 1.97. The average molecular weight is 639 g/mol. The van der Waals surface area contributed by atoms with Crippen LogP contribution in [0.4, 0.5) is 22.7 Å². The van der Waals surface area contributed by atoms with Gasteiger partial charge in [0.2, 0.25) is 0 Å². The van der Waals surface area contributed by atoms with Crippen molar-refractivity contribution in [1.29, 1.82) is 0 Å². The van der Waals surface area contributed by atoms with E-state index in [1.54, 1.807) is 0 Å². The number of hydrogen-bond acceptors (Lipinski definition) is 6. The summed E-state index contributed by atoms with van der Waals surface area (Å²) >= 11 is 0. The Balaban J connectivity index is 1.23. The minimum absolute atomic E-state index is 0.163. The smallest absolute Gasteiger partial charge is 0.159 e. The second-order valence-corrected chi connectivity index (χ2v) is 12.3. The highest BCUT2D eigenvalue weighted by atomic mass is 15.3. The van der Waals surface area contributed by atoms with Crippen LogP contribution >= 0.6 is 0 Å². The number of anilines is 4. The van der Waals surface area contributed by atoms with Gasteiger partial charge < -0.3 is 20.9 Å². The Hall–Kier alpha value is -6.14. The van der Waals surface area contributed by atoms with Gasteiger partial charge in [0, 0.05) is 29.4 Å². The molecule has 6 heteroatoms. The van der Waals surface area contributed by atoms with Gasteiger partial charge in [0.05, 0.1) is 17.1 Å². The molecule has 0 saturated heterocycles. The van der Waals surface area contributed by atoms with E-state index in [2.05, 4.69) is 143 Å². The average Bonchev–Trinajstić information content (AvgIpc) is 3.57. The van der Waals surface area contributed by atoms with Crippen molar-refractivity contribution in [1.82, 2.24) is 5.32 Å². The van der Waals surface area contributed by atoms with Crippen molar-refractivity contribution < 1.29 is 0 Å². The molecule has 3 N–H and O–H groups in total. The summed E-state index contributed by atoms with van der Waals surface area (Å²) in [6, 6.07) is 53.2. The molecule has 6 aromatic carbocycles. The van der Waals surface area contributed by atoms with Gasteiger partial charge in [-0.1, -0.05) is 122 Å². The van der Waals surface area contributed by atoms with Crippen LogP contribution in [0.2, 0.25) is 0 Å². The summed E-state index contributed by atoms with van der Waals surface area (Å²) in [5.41, 5.74) is 12.3. The Labute approximate surface area is 287 Å². The number of aliphatic imine (C=N–C) groups is 2. The van der Waals surface area contributed by atoms with Crippen molar-refractivity contribution in [2.45, 2.75) is 25.7 Å². The Morgan fingerprint density at radius 2 is 1.31 bits per heavy atom. The molecule has 8 rings (SSSR count). The topological polar surface area (TPSA) is 64.0 Å². The SMILES string of the molecule is CCC1Nc2ccccc2N1c1ccccc1-c1ccc(NC)cc1-c1cccc(C2N=C(c3ccccc3)N=C(c3ccccc3)N2)c1. The highest BCUT2D eigenvalue weighted by Crippen LogP contribution is 2.46. The predicted octanol–water partition coefficient (Wildman–Crippen LogP) is 9.86. The van der Waals surface area contributed by atoms with Gasteiger partial charge in [-0.3, -0.25) is 0 Å². The molecule has 0 aliphatic carbocycles. The first-order valence-corrected chi connectivity index (χ1v) is 16.9.